The van der Waals surface area contributed by atoms with Gasteiger partial charge in [0.05, 0.1) is 10.5 Å². The summed E-state index contributed by atoms with van der Waals surface area (Å²) in [6, 6.07) is 1.48. The third kappa shape index (κ3) is 3.90. The molecular weight excluding hydrogens is 272 g/mol. The first-order valence-corrected chi connectivity index (χ1v) is 4.91. The molecule has 19 heavy (non-hydrogen) atoms. The molecule has 0 radical (unpaired) electrons. The number of nitrogens with one attached hydrogen (secondary N) is 1. The zero-order chi connectivity index (χ0) is 14.8. The van der Waals surface area contributed by atoms with Crippen LogP contribution in [0.25, 0.3) is 0 Å². The van der Waals surface area contributed by atoms with E-state index in [1.54, 1.807) is 0 Å². The Balaban J connectivity index is 3.05. The van der Waals surface area contributed by atoms with Crippen molar-refractivity contribution in [2.45, 2.75) is 13.1 Å². The van der Waals surface area contributed by atoms with Gasteiger partial charge in [-0.1, -0.05) is 0 Å². The van der Waals surface area contributed by atoms with Gasteiger partial charge in [-0.2, -0.15) is 13.2 Å². The molecule has 0 saturated heterocycles. The molecule has 0 bridgehead atoms. The van der Waals surface area contributed by atoms with Gasteiger partial charge in [-0.05, 0) is 12.5 Å². The Morgan fingerprint density at radius 1 is 1.42 bits per heavy atom. The summed E-state index contributed by atoms with van der Waals surface area (Å²) in [7, 11) is 0. The Morgan fingerprint density at radius 2 is 2.00 bits per heavy atom. The van der Waals surface area contributed by atoms with Crippen molar-refractivity contribution < 1.29 is 27.3 Å². The van der Waals surface area contributed by atoms with Crippen molar-refractivity contribution in [3.63, 3.8) is 0 Å². The summed E-state index contributed by atoms with van der Waals surface area (Å²) in [5.74, 6) is -2.45. The molecule has 1 rings (SSSR count). The summed E-state index contributed by atoms with van der Waals surface area (Å²) < 4.78 is 49.3. The fourth-order valence-corrected chi connectivity index (χ4v) is 1.30. The van der Waals surface area contributed by atoms with Crippen molar-refractivity contribution in [1.29, 1.82) is 0 Å². The van der Waals surface area contributed by atoms with E-state index in [9.17, 15) is 32.5 Å². The lowest BCUT2D eigenvalue weighted by Gasteiger charge is -2.09. The van der Waals surface area contributed by atoms with Crippen LogP contribution in [0.3, 0.4) is 0 Å². The summed E-state index contributed by atoms with van der Waals surface area (Å²) in [4.78, 5) is 21.0. The highest BCUT2D eigenvalue weighted by atomic mass is 19.4. The van der Waals surface area contributed by atoms with Crippen LogP contribution in [0.15, 0.2) is 12.1 Å². The lowest BCUT2D eigenvalue weighted by Crippen LogP contribution is -2.34. The minimum Gasteiger partial charge on any atom is -0.343 e. The third-order valence-electron chi connectivity index (χ3n) is 2.14. The maximum absolute atomic E-state index is 13.6. The predicted molar refractivity (Wildman–Crippen MR) is 56.2 cm³/mol. The zero-order valence-corrected chi connectivity index (χ0v) is 9.55. The van der Waals surface area contributed by atoms with Crippen LogP contribution in [0.4, 0.5) is 23.2 Å². The Kier molecular flexibility index (Phi) is 4.07. The van der Waals surface area contributed by atoms with Gasteiger partial charge < -0.3 is 5.32 Å². The van der Waals surface area contributed by atoms with Crippen LogP contribution in [-0.4, -0.2) is 23.6 Å². The van der Waals surface area contributed by atoms with Gasteiger partial charge in [-0.25, -0.2) is 4.39 Å². The second-order valence-electron chi connectivity index (χ2n) is 3.68. The second-order valence-corrected chi connectivity index (χ2v) is 3.68. The van der Waals surface area contributed by atoms with Crippen LogP contribution in [0.5, 0.6) is 0 Å². The lowest BCUT2D eigenvalue weighted by atomic mass is 10.1. The number of carbonyl (C=O) groups excluding carboxylic acids is 1. The molecule has 1 aromatic rings. The van der Waals surface area contributed by atoms with Gasteiger partial charge in [-0.15, -0.1) is 0 Å². The Morgan fingerprint density at radius 3 is 2.47 bits per heavy atom. The zero-order valence-electron chi connectivity index (χ0n) is 9.55. The van der Waals surface area contributed by atoms with Gasteiger partial charge in [0.15, 0.2) is 0 Å². The number of amides is 1. The van der Waals surface area contributed by atoms with Crippen LogP contribution in [0, 0.1) is 22.9 Å². The van der Waals surface area contributed by atoms with Gasteiger partial charge >= 0.3 is 6.18 Å². The second kappa shape index (κ2) is 5.21. The molecule has 0 aliphatic heterocycles. The highest BCUT2D eigenvalue weighted by Crippen LogP contribution is 2.21. The summed E-state index contributed by atoms with van der Waals surface area (Å²) >= 11 is 0. The summed E-state index contributed by atoms with van der Waals surface area (Å²) in [5.41, 5.74) is -1.57. The predicted octanol–water partition coefficient (Wildman–Crippen LogP) is 2.33. The van der Waals surface area contributed by atoms with E-state index in [0.717, 1.165) is 6.07 Å². The molecule has 0 fully saturated rings. The summed E-state index contributed by atoms with van der Waals surface area (Å²) in [5, 5.41) is 12.0. The number of aryl methyl sites for hydroxylation is 1. The monoisotopic (exact) mass is 280 g/mol. The van der Waals surface area contributed by atoms with Gasteiger partial charge in [0, 0.05) is 12.1 Å². The molecule has 0 saturated carbocycles. The van der Waals surface area contributed by atoms with Crippen molar-refractivity contribution >= 4 is 11.6 Å². The average Bonchev–Trinajstić information content (AvgIpc) is 2.28. The number of nitro groups is 1. The third-order valence-corrected chi connectivity index (χ3v) is 2.14. The van der Waals surface area contributed by atoms with Gasteiger partial charge in [0.25, 0.3) is 11.6 Å². The molecule has 5 nitrogen and oxygen atoms in total. The largest absolute Gasteiger partial charge is 0.405 e. The number of non-ortho nitro benzene ring substituents is 1. The molecule has 9 heteroatoms. The molecule has 0 unspecified atom stereocenters. The topological polar surface area (TPSA) is 72.2 Å². The number of hydrogen-bond donors (Lipinski definition) is 1. The van der Waals surface area contributed by atoms with Crippen LogP contribution >= 0.6 is 0 Å². The lowest BCUT2D eigenvalue weighted by molar-refractivity contribution is -0.385. The number of alkyl halides is 3. The number of hydrogen-bond acceptors (Lipinski definition) is 3. The van der Waals surface area contributed by atoms with E-state index in [4.69, 9.17) is 0 Å². The van der Waals surface area contributed by atoms with Crippen molar-refractivity contribution in [1.82, 2.24) is 5.32 Å². The maximum atomic E-state index is 13.6. The summed E-state index contributed by atoms with van der Waals surface area (Å²) in [6.07, 6.45) is -4.65. The first kappa shape index (κ1) is 14.9. The number of rotatable bonds is 3. The first-order chi connectivity index (χ1) is 8.61. The highest BCUT2D eigenvalue weighted by Gasteiger charge is 2.29. The molecular formula is C10H8F4N2O3. The van der Waals surface area contributed by atoms with E-state index < -0.39 is 40.6 Å². The fourth-order valence-electron chi connectivity index (χ4n) is 1.30. The van der Waals surface area contributed by atoms with E-state index in [1.165, 1.54) is 12.2 Å². The van der Waals surface area contributed by atoms with E-state index in [-0.39, 0.29) is 5.56 Å². The SMILES string of the molecule is Cc1cc([N+](=O)[O-])cc(C(=O)NCC(F)(F)F)c1F. The number of benzene rings is 1. The van der Waals surface area contributed by atoms with E-state index in [2.05, 4.69) is 0 Å². The van der Waals surface area contributed by atoms with Crippen molar-refractivity contribution in [2.24, 2.45) is 0 Å². The highest BCUT2D eigenvalue weighted by molar-refractivity contribution is 5.95. The fraction of sp³-hybridized carbons (Fsp3) is 0.300. The molecule has 104 valence electrons. The van der Waals surface area contributed by atoms with E-state index in [1.807, 2.05) is 0 Å². The molecule has 1 aromatic carbocycles. The molecule has 1 N–H and O–H groups in total. The van der Waals surface area contributed by atoms with Crippen molar-refractivity contribution in [3.8, 4) is 0 Å². The summed E-state index contributed by atoms with van der Waals surface area (Å²) in [6.45, 7) is -0.476. The first-order valence-electron chi connectivity index (χ1n) is 4.91. The molecule has 0 atom stereocenters. The average molecular weight is 280 g/mol. The van der Waals surface area contributed by atoms with Crippen molar-refractivity contribution in [2.75, 3.05) is 6.54 Å². The van der Waals surface area contributed by atoms with Gasteiger partial charge in [-0.3, -0.25) is 14.9 Å². The van der Waals surface area contributed by atoms with Crippen LogP contribution in [0.1, 0.15) is 15.9 Å². The van der Waals surface area contributed by atoms with Crippen LogP contribution < -0.4 is 5.32 Å². The molecule has 0 aliphatic rings. The van der Waals surface area contributed by atoms with E-state index >= 15 is 0 Å². The van der Waals surface area contributed by atoms with Gasteiger partial charge in [0.1, 0.15) is 12.4 Å². The van der Waals surface area contributed by atoms with Gasteiger partial charge in [0.2, 0.25) is 0 Å². The number of nitrogens with zero attached hydrogens (tertiary/aromatic N) is 1. The number of halogens is 4. The maximum Gasteiger partial charge on any atom is 0.405 e. The molecule has 0 spiro atoms. The Hall–Kier alpha value is -2.19. The van der Waals surface area contributed by atoms with E-state index in [0.29, 0.717) is 6.07 Å². The molecule has 0 heterocycles. The molecule has 0 aromatic heterocycles. The number of carbonyl (C=O) groups is 1. The molecule has 1 amide bonds. The van der Waals surface area contributed by atoms with Crippen LogP contribution in [-0.2, 0) is 0 Å². The normalized spacial score (nSPS) is 11.2. The van der Waals surface area contributed by atoms with Crippen LogP contribution in [0.2, 0.25) is 0 Å². The smallest absolute Gasteiger partial charge is 0.343 e. The molecule has 0 aliphatic carbocycles. The minimum absolute atomic E-state index is 0.202. The number of nitro benzene ring substituents is 1. The minimum atomic E-state index is -4.65. The Bertz CT molecular complexity index is 528. The quantitative estimate of drug-likeness (QED) is 0.524. The van der Waals surface area contributed by atoms with Crippen molar-refractivity contribution in [3.05, 3.63) is 39.2 Å². The standard InChI is InChI=1S/C10H8F4N2O3/c1-5-2-6(16(18)19)3-7(8(5)11)9(17)15-4-10(12,13)14/h2-3H,4H2,1H3,(H,15,17). The Labute approximate surface area is 104 Å².